The molecule has 3 fully saturated rings. The van der Waals surface area contributed by atoms with Crippen LogP contribution < -0.4 is 4.90 Å². The molecule has 6 rings (SSSR count). The monoisotopic (exact) mass is 305 g/mol. The Balaban J connectivity index is 1.64. The molecule has 3 aromatic rings. The number of rotatable bonds is 1. The van der Waals surface area contributed by atoms with Crippen LogP contribution >= 0.6 is 0 Å². The van der Waals surface area contributed by atoms with Gasteiger partial charge in [0.15, 0.2) is 0 Å². The van der Waals surface area contributed by atoms with E-state index in [1.165, 1.54) is 48.7 Å². The van der Waals surface area contributed by atoms with Crippen molar-refractivity contribution < 1.29 is 4.42 Å². The van der Waals surface area contributed by atoms with Gasteiger partial charge in [-0.05, 0) is 56.2 Å². The Morgan fingerprint density at radius 1 is 0.870 bits per heavy atom. The van der Waals surface area contributed by atoms with Crippen LogP contribution in [0.4, 0.5) is 5.69 Å². The average molecular weight is 305 g/mol. The molecule has 2 heteroatoms. The lowest BCUT2D eigenvalue weighted by molar-refractivity contribution is 0.0929. The molecule has 0 radical (unpaired) electrons. The van der Waals surface area contributed by atoms with Gasteiger partial charge in [-0.2, -0.15) is 0 Å². The Bertz CT molecular complexity index is 898. The number of fused-ring (bicyclic) bond motifs is 6. The van der Waals surface area contributed by atoms with Crippen LogP contribution in [0, 0.1) is 5.41 Å². The molecule has 1 saturated carbocycles. The maximum atomic E-state index is 6.10. The van der Waals surface area contributed by atoms with Gasteiger partial charge >= 0.3 is 0 Å². The first kappa shape index (κ1) is 13.5. The lowest BCUT2D eigenvalue weighted by Crippen LogP contribution is -2.60. The Labute approximate surface area is 137 Å². The minimum atomic E-state index is 0.317. The summed E-state index contributed by atoms with van der Waals surface area (Å²) in [4.78, 5) is 2.65. The average Bonchev–Trinajstić information content (AvgIpc) is 2.93. The van der Waals surface area contributed by atoms with Crippen molar-refractivity contribution >= 4 is 27.6 Å². The van der Waals surface area contributed by atoms with E-state index in [4.69, 9.17) is 4.42 Å². The molecule has 0 amide bonds. The lowest BCUT2D eigenvalue weighted by atomic mass is 9.63. The summed E-state index contributed by atoms with van der Waals surface area (Å²) in [5, 5.41) is 2.44. The fourth-order valence-corrected chi connectivity index (χ4v) is 4.68. The number of nitrogens with zero attached hydrogens (tertiary/aromatic N) is 1. The molecule has 2 aromatic carbocycles. The van der Waals surface area contributed by atoms with E-state index in [-0.39, 0.29) is 0 Å². The van der Waals surface area contributed by atoms with Crippen LogP contribution in [0.2, 0.25) is 0 Å². The predicted molar refractivity (Wildman–Crippen MR) is 96.0 cm³/mol. The second-order valence-corrected chi connectivity index (χ2v) is 8.17. The SMILES string of the molecule is CC12CCC(C)(CC1)N(c1ccc3c(c1)oc1ccccc13)C2. The quantitative estimate of drug-likeness (QED) is 0.569. The Hall–Kier alpha value is -1.96. The maximum absolute atomic E-state index is 6.10. The first-order valence-electron chi connectivity index (χ1n) is 8.75. The Morgan fingerprint density at radius 2 is 1.61 bits per heavy atom. The third kappa shape index (κ3) is 1.87. The zero-order chi connectivity index (χ0) is 15.7. The van der Waals surface area contributed by atoms with Crippen LogP contribution in [0.5, 0.6) is 0 Å². The number of furan rings is 1. The van der Waals surface area contributed by atoms with E-state index >= 15 is 0 Å². The second-order valence-electron chi connectivity index (χ2n) is 8.17. The predicted octanol–water partition coefficient (Wildman–Crippen LogP) is 5.75. The fourth-order valence-electron chi connectivity index (χ4n) is 4.68. The largest absolute Gasteiger partial charge is 0.456 e. The normalized spacial score (nSPS) is 30.4. The zero-order valence-corrected chi connectivity index (χ0v) is 13.9. The van der Waals surface area contributed by atoms with Crippen molar-refractivity contribution in [2.24, 2.45) is 5.41 Å². The number of piperidine rings is 2. The van der Waals surface area contributed by atoms with Gasteiger partial charge in [-0.15, -0.1) is 0 Å². The number of benzene rings is 2. The summed E-state index contributed by atoms with van der Waals surface area (Å²) in [7, 11) is 0. The lowest BCUT2D eigenvalue weighted by Gasteiger charge is -2.58. The van der Waals surface area contributed by atoms with Crippen molar-refractivity contribution in [3.05, 3.63) is 42.5 Å². The summed E-state index contributed by atoms with van der Waals surface area (Å²) >= 11 is 0. The van der Waals surface area contributed by atoms with Gasteiger partial charge < -0.3 is 9.32 Å². The van der Waals surface area contributed by atoms with Gasteiger partial charge in [0, 0.05) is 34.6 Å². The highest BCUT2D eigenvalue weighted by molar-refractivity contribution is 6.05. The Morgan fingerprint density at radius 3 is 2.43 bits per heavy atom. The molecule has 0 atom stereocenters. The van der Waals surface area contributed by atoms with E-state index in [0.29, 0.717) is 11.0 Å². The van der Waals surface area contributed by atoms with Crippen LogP contribution in [-0.4, -0.2) is 12.1 Å². The third-order valence-electron chi connectivity index (χ3n) is 6.40. The highest BCUT2D eigenvalue weighted by atomic mass is 16.3. The molecule has 0 spiro atoms. The summed E-state index contributed by atoms with van der Waals surface area (Å²) in [5.74, 6) is 0. The van der Waals surface area contributed by atoms with Gasteiger partial charge in [-0.3, -0.25) is 0 Å². The van der Waals surface area contributed by atoms with E-state index in [0.717, 1.165) is 11.2 Å². The zero-order valence-electron chi connectivity index (χ0n) is 13.9. The maximum Gasteiger partial charge on any atom is 0.137 e. The highest BCUT2D eigenvalue weighted by Crippen LogP contribution is 2.51. The standard InChI is InChI=1S/C21H23NO/c1-20-9-11-21(2,12-10-20)22(14-20)15-7-8-17-16-5-3-4-6-18(16)23-19(17)13-15/h3-8,13H,9-12,14H2,1-2H3. The van der Waals surface area contributed by atoms with Gasteiger partial charge in [0.25, 0.3) is 0 Å². The molecule has 3 heterocycles. The molecular formula is C21H23NO. The highest BCUT2D eigenvalue weighted by Gasteiger charge is 2.48. The molecule has 0 unspecified atom stereocenters. The van der Waals surface area contributed by atoms with E-state index in [9.17, 15) is 0 Å². The van der Waals surface area contributed by atoms with E-state index < -0.39 is 0 Å². The Kier molecular flexibility index (Phi) is 2.53. The van der Waals surface area contributed by atoms with Crippen molar-refractivity contribution in [3.8, 4) is 0 Å². The van der Waals surface area contributed by atoms with Crippen LogP contribution in [0.3, 0.4) is 0 Å². The minimum Gasteiger partial charge on any atom is -0.456 e. The van der Waals surface area contributed by atoms with Crippen molar-refractivity contribution in [2.45, 2.75) is 45.1 Å². The smallest absolute Gasteiger partial charge is 0.137 e. The van der Waals surface area contributed by atoms with Crippen LogP contribution in [0.15, 0.2) is 46.9 Å². The molecule has 1 aromatic heterocycles. The summed E-state index contributed by atoms with van der Waals surface area (Å²) in [6, 6.07) is 15.1. The van der Waals surface area contributed by atoms with Crippen LogP contribution in [0.1, 0.15) is 39.5 Å². The van der Waals surface area contributed by atoms with Crippen molar-refractivity contribution in [1.29, 1.82) is 0 Å². The number of hydrogen-bond acceptors (Lipinski definition) is 2. The van der Waals surface area contributed by atoms with Gasteiger partial charge in [0.05, 0.1) is 0 Å². The second kappa shape index (κ2) is 4.31. The fraction of sp³-hybridized carbons (Fsp3) is 0.429. The van der Waals surface area contributed by atoms with Gasteiger partial charge in [0.2, 0.25) is 0 Å². The van der Waals surface area contributed by atoms with Gasteiger partial charge in [0.1, 0.15) is 11.2 Å². The summed E-state index contributed by atoms with van der Waals surface area (Å²) in [6.07, 6.45) is 5.35. The number of anilines is 1. The molecule has 1 aliphatic carbocycles. The molecule has 118 valence electrons. The van der Waals surface area contributed by atoms with E-state index in [1.54, 1.807) is 0 Å². The van der Waals surface area contributed by atoms with Gasteiger partial charge in [-0.25, -0.2) is 0 Å². The van der Waals surface area contributed by atoms with Crippen molar-refractivity contribution in [2.75, 3.05) is 11.4 Å². The molecule has 2 bridgehead atoms. The molecule has 23 heavy (non-hydrogen) atoms. The van der Waals surface area contributed by atoms with Crippen LogP contribution in [-0.2, 0) is 0 Å². The van der Waals surface area contributed by atoms with Crippen molar-refractivity contribution in [1.82, 2.24) is 0 Å². The first-order valence-corrected chi connectivity index (χ1v) is 8.75. The summed E-state index contributed by atoms with van der Waals surface area (Å²) in [5.41, 5.74) is 4.12. The molecule has 2 saturated heterocycles. The van der Waals surface area contributed by atoms with E-state index in [2.05, 4.69) is 55.1 Å². The summed E-state index contributed by atoms with van der Waals surface area (Å²) in [6.45, 7) is 6.07. The third-order valence-corrected chi connectivity index (χ3v) is 6.40. The molecule has 0 N–H and O–H groups in total. The first-order chi connectivity index (χ1) is 11.1. The van der Waals surface area contributed by atoms with Crippen LogP contribution in [0.25, 0.3) is 21.9 Å². The molecule has 2 nitrogen and oxygen atoms in total. The minimum absolute atomic E-state index is 0.317. The summed E-state index contributed by atoms with van der Waals surface area (Å²) < 4.78 is 6.10. The number of para-hydroxylation sites is 1. The van der Waals surface area contributed by atoms with Gasteiger partial charge in [-0.1, -0.05) is 25.1 Å². The molecule has 3 aliphatic rings. The van der Waals surface area contributed by atoms with Crippen molar-refractivity contribution in [3.63, 3.8) is 0 Å². The number of hydrogen-bond donors (Lipinski definition) is 0. The van der Waals surface area contributed by atoms with E-state index in [1.807, 2.05) is 6.07 Å². The molecular weight excluding hydrogens is 282 g/mol. The topological polar surface area (TPSA) is 16.4 Å². The molecule has 2 aliphatic heterocycles.